The Hall–Kier alpha value is -4.12. The predicted molar refractivity (Wildman–Crippen MR) is 200 cm³/mol. The number of unbranched alkanes of at least 4 members (excludes halogenated alkanes) is 2. The maximum absolute atomic E-state index is 12.2. The number of fused-ring (bicyclic) bond motifs is 2. The van der Waals surface area contributed by atoms with Crippen molar-refractivity contribution in [3.8, 4) is 23.0 Å². The fraction of sp³-hybridized carbons (Fsp3) is 0.500. The molecule has 2 fully saturated rings. The zero-order valence-electron chi connectivity index (χ0n) is 29.6. The van der Waals surface area contributed by atoms with Crippen LogP contribution in [0.3, 0.4) is 0 Å². The van der Waals surface area contributed by atoms with Crippen LogP contribution in [0.5, 0.6) is 23.0 Å². The first-order chi connectivity index (χ1) is 24.8. The molecule has 2 heterocycles. The lowest BCUT2D eigenvalue weighted by Gasteiger charge is -2.23. The Morgan fingerprint density at radius 3 is 1.78 bits per heavy atom. The molecule has 0 aliphatic heterocycles. The van der Waals surface area contributed by atoms with Gasteiger partial charge < -0.3 is 29.2 Å². The monoisotopic (exact) mass is 764 g/mol. The van der Waals surface area contributed by atoms with Crippen LogP contribution in [0, 0.1) is 0 Å². The van der Waals surface area contributed by atoms with Crippen molar-refractivity contribution in [3.05, 3.63) is 58.6 Å². The molecule has 10 nitrogen and oxygen atoms in total. The zero-order valence-corrected chi connectivity index (χ0v) is 31.2. The molecule has 0 atom stereocenters. The first kappa shape index (κ1) is 38.1. The number of hydrogen-bond donors (Lipinski definition) is 2. The van der Waals surface area contributed by atoms with Crippen LogP contribution < -0.4 is 9.47 Å². The smallest absolute Gasteiger partial charge is 0.360 e. The summed E-state index contributed by atoms with van der Waals surface area (Å²) in [5.41, 5.74) is -0.106. The Morgan fingerprint density at radius 1 is 0.706 bits per heavy atom. The fourth-order valence-electron chi connectivity index (χ4n) is 6.37. The molecule has 0 amide bonds. The van der Waals surface area contributed by atoms with Crippen molar-refractivity contribution >= 4 is 49.4 Å². The molecule has 0 spiro atoms. The number of aromatic nitrogens is 2. The number of nitrogens with zero attached hydrogens (tertiary/aromatic N) is 2. The summed E-state index contributed by atoms with van der Waals surface area (Å²) in [6, 6.07) is 10.9. The van der Waals surface area contributed by atoms with E-state index in [-0.39, 0.29) is 35.1 Å². The Morgan fingerprint density at radius 2 is 1.22 bits per heavy atom. The van der Waals surface area contributed by atoms with E-state index in [1.807, 2.05) is 38.1 Å². The van der Waals surface area contributed by atoms with E-state index in [1.165, 1.54) is 38.5 Å². The molecule has 274 valence electrons. The van der Waals surface area contributed by atoms with Gasteiger partial charge in [-0.05, 0) is 117 Å². The molecule has 2 saturated carbocycles. The van der Waals surface area contributed by atoms with Gasteiger partial charge in [0.15, 0.2) is 22.9 Å². The van der Waals surface area contributed by atoms with Gasteiger partial charge >= 0.3 is 11.9 Å². The summed E-state index contributed by atoms with van der Waals surface area (Å²) < 4.78 is 22.9. The Labute approximate surface area is 308 Å². The van der Waals surface area contributed by atoms with E-state index in [0.29, 0.717) is 34.0 Å². The van der Waals surface area contributed by atoms with Gasteiger partial charge in [0.25, 0.3) is 0 Å². The molecule has 2 aliphatic carbocycles. The molecule has 0 unspecified atom stereocenters. The van der Waals surface area contributed by atoms with Crippen molar-refractivity contribution in [2.24, 2.45) is 0 Å². The predicted octanol–water partition coefficient (Wildman–Crippen LogP) is 9.98. The van der Waals surface area contributed by atoms with Gasteiger partial charge in [-0.1, -0.05) is 39.5 Å². The van der Waals surface area contributed by atoms with Crippen molar-refractivity contribution in [1.29, 1.82) is 0 Å². The molecule has 0 saturated heterocycles. The number of aromatic hydroxyl groups is 2. The topological polar surface area (TPSA) is 137 Å². The molecule has 2 aliphatic rings. The molecule has 2 N–H and O–H groups in total. The Kier molecular flexibility index (Phi) is 14.1. The number of pyridine rings is 2. The van der Waals surface area contributed by atoms with Gasteiger partial charge in [0.1, 0.15) is 16.1 Å². The summed E-state index contributed by atoms with van der Waals surface area (Å²) in [6.45, 7) is 4.69. The van der Waals surface area contributed by atoms with Crippen LogP contribution >= 0.6 is 15.9 Å². The van der Waals surface area contributed by atoms with E-state index in [9.17, 15) is 19.8 Å². The second-order valence-corrected chi connectivity index (χ2v) is 14.0. The fourth-order valence-corrected chi connectivity index (χ4v) is 6.88. The van der Waals surface area contributed by atoms with Gasteiger partial charge in [0.05, 0.1) is 25.4 Å². The van der Waals surface area contributed by atoms with Crippen LogP contribution in [0.4, 0.5) is 0 Å². The summed E-state index contributed by atoms with van der Waals surface area (Å²) in [4.78, 5) is 32.5. The summed E-state index contributed by atoms with van der Waals surface area (Å²) in [5.74, 6) is 0.0389. The van der Waals surface area contributed by atoms with E-state index >= 15 is 0 Å². The lowest BCUT2D eigenvalue weighted by molar-refractivity contribution is 0.0480. The second kappa shape index (κ2) is 18.9. The first-order valence-electron chi connectivity index (χ1n) is 18.4. The Balaban J connectivity index is 0.000000198. The van der Waals surface area contributed by atoms with Gasteiger partial charge in [-0.25, -0.2) is 19.6 Å². The average Bonchev–Trinajstić information content (AvgIpc) is 3.14. The van der Waals surface area contributed by atoms with Crippen LogP contribution in [0.2, 0.25) is 0 Å². The van der Waals surface area contributed by atoms with Crippen LogP contribution in [-0.2, 0) is 9.47 Å². The molecule has 51 heavy (non-hydrogen) atoms. The molecule has 11 heteroatoms. The van der Waals surface area contributed by atoms with Crippen molar-refractivity contribution in [1.82, 2.24) is 9.97 Å². The molecule has 4 aromatic rings. The number of esters is 2. The maximum atomic E-state index is 12.2. The second-order valence-electron chi connectivity index (χ2n) is 13.2. The van der Waals surface area contributed by atoms with Gasteiger partial charge in [0, 0.05) is 27.7 Å². The van der Waals surface area contributed by atoms with Crippen LogP contribution in [0.1, 0.15) is 125 Å². The summed E-state index contributed by atoms with van der Waals surface area (Å²) in [5, 5.41) is 23.5. The third-order valence-electron chi connectivity index (χ3n) is 9.30. The zero-order chi connectivity index (χ0) is 36.2. The van der Waals surface area contributed by atoms with E-state index < -0.39 is 11.9 Å². The average molecular weight is 766 g/mol. The molecule has 0 radical (unpaired) electrons. The molecular weight excluding hydrogens is 716 g/mol. The van der Waals surface area contributed by atoms with Gasteiger partial charge in [-0.3, -0.25) is 0 Å². The molecule has 2 aromatic heterocycles. The maximum Gasteiger partial charge on any atom is 0.360 e. The molecule has 2 aromatic carbocycles. The van der Waals surface area contributed by atoms with Gasteiger partial charge in [-0.2, -0.15) is 0 Å². The van der Waals surface area contributed by atoms with Crippen LogP contribution in [0.15, 0.2) is 47.2 Å². The first-order valence-corrected chi connectivity index (χ1v) is 19.2. The minimum atomic E-state index is -0.610. The lowest BCUT2D eigenvalue weighted by Crippen LogP contribution is -2.19. The molecule has 0 bridgehead atoms. The number of rotatable bonds is 12. The van der Waals surface area contributed by atoms with E-state index in [1.54, 1.807) is 18.3 Å². The van der Waals surface area contributed by atoms with E-state index in [4.69, 9.17) is 18.9 Å². The van der Waals surface area contributed by atoms with Crippen LogP contribution in [-0.4, -0.2) is 57.5 Å². The number of ether oxygens (including phenoxy) is 4. The largest absolute Gasteiger partial charge is 0.505 e. The van der Waals surface area contributed by atoms with Crippen molar-refractivity contribution in [3.63, 3.8) is 0 Å². The normalized spacial score (nSPS) is 15.2. The van der Waals surface area contributed by atoms with Crippen molar-refractivity contribution in [2.75, 3.05) is 13.2 Å². The van der Waals surface area contributed by atoms with Crippen molar-refractivity contribution < 1.29 is 38.7 Å². The number of carbonyl (C=O) groups is 2. The minimum Gasteiger partial charge on any atom is -0.505 e. The standard InChI is InChI=1S/C20H24BrNO4.C20H25NO4/c1-2-3-11-25-20(24)17-18(23)15-10-9-14(12-16(15)19(21)22-17)26-13-7-5-4-6-8-13;1-2-3-11-24-20(23)18-19(22)17-10-9-16(12-14(17)13-21-18)25-15-7-5-4-6-8-15/h9-10,12-13,23H,2-8,11H2,1H3;9-10,12-13,15,22H,2-8,11H2,1H3. The molecular formula is C40H49BrN2O8. The number of hydrogen-bond acceptors (Lipinski definition) is 10. The van der Waals surface area contributed by atoms with E-state index in [0.717, 1.165) is 68.3 Å². The van der Waals surface area contributed by atoms with Gasteiger partial charge in [-0.15, -0.1) is 0 Å². The summed E-state index contributed by atoms with van der Waals surface area (Å²) in [6.07, 6.45) is 17.2. The van der Waals surface area contributed by atoms with Crippen molar-refractivity contribution in [2.45, 2.75) is 116 Å². The third-order valence-corrected chi connectivity index (χ3v) is 9.90. The number of carbonyl (C=O) groups excluding carboxylic acids is 2. The SMILES string of the molecule is CCCCOC(=O)c1nc(Br)c2cc(OC3CCCCC3)ccc2c1O.CCCCOC(=O)c1ncc2cc(OC3CCCCC3)ccc2c1O. The highest BCUT2D eigenvalue weighted by Gasteiger charge is 2.22. The third kappa shape index (κ3) is 10.2. The minimum absolute atomic E-state index is 0.0375. The molecule has 6 rings (SSSR count). The highest BCUT2D eigenvalue weighted by Crippen LogP contribution is 2.36. The van der Waals surface area contributed by atoms with E-state index in [2.05, 4.69) is 25.9 Å². The highest BCUT2D eigenvalue weighted by atomic mass is 79.9. The van der Waals surface area contributed by atoms with Crippen LogP contribution in [0.25, 0.3) is 21.5 Å². The highest BCUT2D eigenvalue weighted by molar-refractivity contribution is 9.10. The lowest BCUT2D eigenvalue weighted by atomic mass is 9.98. The van der Waals surface area contributed by atoms with Gasteiger partial charge in [0.2, 0.25) is 0 Å². The number of benzene rings is 2. The summed E-state index contributed by atoms with van der Waals surface area (Å²) in [7, 11) is 0. The number of halogens is 1. The quantitative estimate of drug-likeness (QED) is 0.0815. The Bertz CT molecular complexity index is 1790. The summed E-state index contributed by atoms with van der Waals surface area (Å²) >= 11 is 3.41.